The van der Waals surface area contributed by atoms with E-state index in [4.69, 9.17) is 0 Å². The first kappa shape index (κ1) is 12.7. The summed E-state index contributed by atoms with van der Waals surface area (Å²) in [5.41, 5.74) is 2.15. The van der Waals surface area contributed by atoms with Gasteiger partial charge in [-0.15, -0.1) is 0 Å². The van der Waals surface area contributed by atoms with Crippen molar-refractivity contribution in [1.82, 2.24) is 5.32 Å². The predicted molar refractivity (Wildman–Crippen MR) is 76.9 cm³/mol. The summed E-state index contributed by atoms with van der Waals surface area (Å²) >= 11 is 0. The van der Waals surface area contributed by atoms with Gasteiger partial charge in [0.05, 0.1) is 0 Å². The Morgan fingerprint density at radius 1 is 1.16 bits per heavy atom. The molecule has 0 spiro atoms. The van der Waals surface area contributed by atoms with Crippen molar-refractivity contribution in [2.75, 3.05) is 12.4 Å². The Hall–Kier alpha value is -1.35. The number of hydrogen-bond acceptors (Lipinski definition) is 2. The molecule has 2 fully saturated rings. The molecule has 0 aromatic heterocycles. The Kier molecular flexibility index (Phi) is 3.31. The van der Waals surface area contributed by atoms with Crippen LogP contribution in [0.4, 0.5) is 5.69 Å². The van der Waals surface area contributed by atoms with E-state index in [0.717, 1.165) is 30.4 Å². The fourth-order valence-electron chi connectivity index (χ4n) is 3.19. The quantitative estimate of drug-likeness (QED) is 0.871. The number of amides is 1. The zero-order valence-corrected chi connectivity index (χ0v) is 11.6. The van der Waals surface area contributed by atoms with Crippen LogP contribution in [0.2, 0.25) is 0 Å². The number of fused-ring (bicyclic) bond motifs is 1. The van der Waals surface area contributed by atoms with Crippen molar-refractivity contribution in [2.45, 2.75) is 32.2 Å². The molecule has 0 bridgehead atoms. The molecule has 2 aliphatic carbocycles. The van der Waals surface area contributed by atoms with Crippen molar-refractivity contribution >= 4 is 11.6 Å². The molecule has 3 unspecified atom stereocenters. The molecule has 3 nitrogen and oxygen atoms in total. The van der Waals surface area contributed by atoms with Gasteiger partial charge in [-0.1, -0.05) is 12.1 Å². The normalized spacial score (nSPS) is 29.7. The van der Waals surface area contributed by atoms with Crippen LogP contribution in [0.15, 0.2) is 24.3 Å². The highest BCUT2D eigenvalue weighted by Crippen LogP contribution is 2.54. The second-order valence-electron chi connectivity index (χ2n) is 6.05. The van der Waals surface area contributed by atoms with Gasteiger partial charge in [-0.25, -0.2) is 0 Å². The van der Waals surface area contributed by atoms with Gasteiger partial charge in [0.2, 0.25) is 5.91 Å². The topological polar surface area (TPSA) is 41.1 Å². The number of nitrogens with one attached hydrogen (secondary N) is 2. The molecule has 0 aliphatic heterocycles. The van der Waals surface area contributed by atoms with Gasteiger partial charge in [-0.05, 0) is 62.8 Å². The monoisotopic (exact) mass is 258 g/mol. The van der Waals surface area contributed by atoms with Gasteiger partial charge in [-0.3, -0.25) is 4.79 Å². The first-order valence-electron chi connectivity index (χ1n) is 7.25. The van der Waals surface area contributed by atoms with E-state index >= 15 is 0 Å². The third kappa shape index (κ3) is 2.66. The number of carbonyl (C=O) groups is 1. The first-order valence-corrected chi connectivity index (χ1v) is 7.25. The summed E-state index contributed by atoms with van der Waals surface area (Å²) in [4.78, 5) is 12.1. The lowest BCUT2D eigenvalue weighted by Gasteiger charge is -2.14. The molecule has 2 aliphatic rings. The molecule has 102 valence electrons. The first-order chi connectivity index (χ1) is 9.17. The largest absolute Gasteiger partial charge is 0.326 e. The number of anilines is 1. The summed E-state index contributed by atoms with van der Waals surface area (Å²) in [6.45, 7) is 2.12. The van der Waals surface area contributed by atoms with E-state index in [-0.39, 0.29) is 11.8 Å². The maximum Gasteiger partial charge on any atom is 0.227 e. The van der Waals surface area contributed by atoms with E-state index in [9.17, 15) is 4.79 Å². The number of benzene rings is 1. The molecule has 3 rings (SSSR count). The minimum atomic E-state index is 0.210. The highest BCUT2D eigenvalue weighted by molar-refractivity contribution is 5.92. The van der Waals surface area contributed by atoms with Crippen LogP contribution >= 0.6 is 0 Å². The summed E-state index contributed by atoms with van der Waals surface area (Å²) < 4.78 is 0. The van der Waals surface area contributed by atoms with Crippen molar-refractivity contribution in [3.8, 4) is 0 Å². The predicted octanol–water partition coefficient (Wildman–Crippen LogP) is 2.95. The Bertz CT molecular complexity index is 458. The van der Waals surface area contributed by atoms with Gasteiger partial charge in [0.25, 0.3) is 0 Å². The van der Waals surface area contributed by atoms with Gasteiger partial charge in [0.15, 0.2) is 0 Å². The lowest BCUT2D eigenvalue weighted by atomic mass is 10.0. The summed E-state index contributed by atoms with van der Waals surface area (Å²) in [5, 5.41) is 6.26. The summed E-state index contributed by atoms with van der Waals surface area (Å²) in [5.74, 6) is 2.17. The van der Waals surface area contributed by atoms with Crippen LogP contribution in [-0.4, -0.2) is 13.0 Å². The zero-order chi connectivity index (χ0) is 13.4. The molecule has 0 saturated heterocycles. The van der Waals surface area contributed by atoms with Crippen LogP contribution in [0.1, 0.15) is 37.8 Å². The molecule has 19 heavy (non-hydrogen) atoms. The molecular formula is C16H22N2O. The molecule has 2 N–H and O–H groups in total. The molecule has 3 heteroatoms. The highest BCUT2D eigenvalue weighted by atomic mass is 16.1. The van der Waals surface area contributed by atoms with Crippen molar-refractivity contribution in [2.24, 2.45) is 17.8 Å². The molecule has 1 aromatic rings. The van der Waals surface area contributed by atoms with Gasteiger partial charge < -0.3 is 10.6 Å². The molecule has 2 saturated carbocycles. The van der Waals surface area contributed by atoms with Crippen LogP contribution in [0.3, 0.4) is 0 Å². The second kappa shape index (κ2) is 4.97. The van der Waals surface area contributed by atoms with Crippen LogP contribution < -0.4 is 10.6 Å². The van der Waals surface area contributed by atoms with Crippen molar-refractivity contribution in [3.05, 3.63) is 29.8 Å². The Morgan fingerprint density at radius 2 is 1.79 bits per heavy atom. The Morgan fingerprint density at radius 3 is 2.37 bits per heavy atom. The molecule has 1 aromatic carbocycles. The number of hydrogen-bond donors (Lipinski definition) is 2. The maximum atomic E-state index is 12.1. The van der Waals surface area contributed by atoms with E-state index in [0.29, 0.717) is 6.04 Å². The standard InChI is InChI=1S/C16H22N2O/c1-10(17-2)11-3-5-15(6-4-11)18-16(19)14-8-12-7-13(12)9-14/h3-6,10,12-14,17H,7-9H2,1-2H3,(H,18,19). The number of rotatable bonds is 4. The van der Waals surface area contributed by atoms with Crippen molar-refractivity contribution in [1.29, 1.82) is 0 Å². The van der Waals surface area contributed by atoms with E-state index in [1.165, 1.54) is 12.0 Å². The maximum absolute atomic E-state index is 12.1. The SMILES string of the molecule is CNC(C)c1ccc(NC(=O)C2CC3CC3C2)cc1. The van der Waals surface area contributed by atoms with Crippen LogP contribution in [0.25, 0.3) is 0 Å². The lowest BCUT2D eigenvalue weighted by Crippen LogP contribution is -2.21. The molecule has 1 amide bonds. The minimum absolute atomic E-state index is 0.210. The van der Waals surface area contributed by atoms with E-state index < -0.39 is 0 Å². The smallest absolute Gasteiger partial charge is 0.227 e. The Balaban J connectivity index is 1.58. The zero-order valence-electron chi connectivity index (χ0n) is 11.6. The third-order valence-electron chi connectivity index (χ3n) is 4.73. The molecule has 0 heterocycles. The third-order valence-corrected chi connectivity index (χ3v) is 4.73. The second-order valence-corrected chi connectivity index (χ2v) is 6.05. The van der Waals surface area contributed by atoms with Gasteiger partial charge >= 0.3 is 0 Å². The Labute approximate surface area is 114 Å². The van der Waals surface area contributed by atoms with Gasteiger partial charge in [-0.2, -0.15) is 0 Å². The fourth-order valence-corrected chi connectivity index (χ4v) is 3.19. The van der Waals surface area contributed by atoms with Crippen LogP contribution in [-0.2, 0) is 4.79 Å². The fraction of sp³-hybridized carbons (Fsp3) is 0.562. The minimum Gasteiger partial charge on any atom is -0.326 e. The highest BCUT2D eigenvalue weighted by Gasteiger charge is 2.47. The molecule has 3 atom stereocenters. The van der Waals surface area contributed by atoms with Crippen LogP contribution in [0, 0.1) is 17.8 Å². The van der Waals surface area contributed by atoms with Gasteiger partial charge in [0, 0.05) is 17.6 Å². The average molecular weight is 258 g/mol. The van der Waals surface area contributed by atoms with Gasteiger partial charge in [0.1, 0.15) is 0 Å². The van der Waals surface area contributed by atoms with Crippen molar-refractivity contribution in [3.63, 3.8) is 0 Å². The average Bonchev–Trinajstić information content (AvgIpc) is 3.05. The summed E-state index contributed by atoms with van der Waals surface area (Å²) in [6.07, 6.45) is 3.57. The van der Waals surface area contributed by atoms with E-state index in [2.05, 4.69) is 29.7 Å². The summed E-state index contributed by atoms with van der Waals surface area (Å²) in [6, 6.07) is 8.48. The summed E-state index contributed by atoms with van der Waals surface area (Å²) in [7, 11) is 1.95. The van der Waals surface area contributed by atoms with E-state index in [1.807, 2.05) is 19.2 Å². The lowest BCUT2D eigenvalue weighted by molar-refractivity contribution is -0.120. The molecule has 0 radical (unpaired) electrons. The number of carbonyl (C=O) groups excluding carboxylic acids is 1. The van der Waals surface area contributed by atoms with E-state index in [1.54, 1.807) is 0 Å². The van der Waals surface area contributed by atoms with Crippen molar-refractivity contribution < 1.29 is 4.79 Å². The van der Waals surface area contributed by atoms with Crippen LogP contribution in [0.5, 0.6) is 0 Å². The molecular weight excluding hydrogens is 236 g/mol.